The Morgan fingerprint density at radius 1 is 1.43 bits per heavy atom. The molecule has 112 valence electrons. The Balaban J connectivity index is 1.78. The molecule has 3 heterocycles. The smallest absolute Gasteiger partial charge is 0.270 e. The van der Waals surface area contributed by atoms with E-state index in [-0.39, 0.29) is 11.9 Å². The van der Waals surface area contributed by atoms with Crippen LogP contribution in [0.5, 0.6) is 0 Å². The number of likely N-dealkylation sites (tertiary alicyclic amines) is 1. The average Bonchev–Trinajstić information content (AvgIpc) is 3.09. The normalized spacial score (nSPS) is 19.0. The Hall–Kier alpha value is -2.04. The van der Waals surface area contributed by atoms with E-state index in [9.17, 15) is 4.79 Å². The monoisotopic (exact) mass is 286 g/mol. The van der Waals surface area contributed by atoms with Crippen molar-refractivity contribution in [3.63, 3.8) is 0 Å². The summed E-state index contributed by atoms with van der Waals surface area (Å²) in [4.78, 5) is 17.6. The molecule has 1 amide bonds. The zero-order chi connectivity index (χ0) is 14.8. The van der Waals surface area contributed by atoms with Gasteiger partial charge in [0.1, 0.15) is 5.69 Å². The fourth-order valence-electron chi connectivity index (χ4n) is 3.14. The van der Waals surface area contributed by atoms with E-state index in [0.29, 0.717) is 5.69 Å². The van der Waals surface area contributed by atoms with Crippen LogP contribution >= 0.6 is 0 Å². The Morgan fingerprint density at radius 3 is 2.95 bits per heavy atom. The van der Waals surface area contributed by atoms with Crippen molar-refractivity contribution in [1.29, 1.82) is 0 Å². The number of amides is 1. The number of carbonyl (C=O) groups excluding carboxylic acids is 1. The van der Waals surface area contributed by atoms with E-state index in [1.165, 1.54) is 6.42 Å². The van der Waals surface area contributed by atoms with Crippen LogP contribution in [0, 0.1) is 13.8 Å². The van der Waals surface area contributed by atoms with Crippen molar-refractivity contribution in [3.8, 4) is 0 Å². The van der Waals surface area contributed by atoms with Crippen molar-refractivity contribution < 1.29 is 4.79 Å². The highest BCUT2D eigenvalue weighted by Gasteiger charge is 2.28. The largest absolute Gasteiger partial charge is 0.357 e. The Bertz CT molecular complexity index is 614. The number of aryl methyl sites for hydroxylation is 2. The molecular formula is C16H22N4O. The summed E-state index contributed by atoms with van der Waals surface area (Å²) < 4.78 is 2.03. The van der Waals surface area contributed by atoms with E-state index in [2.05, 4.69) is 23.1 Å². The van der Waals surface area contributed by atoms with E-state index in [4.69, 9.17) is 0 Å². The molecule has 0 bridgehead atoms. The third kappa shape index (κ3) is 2.86. The first kappa shape index (κ1) is 13.9. The standard InChI is InChI=1S/C16H22N4O/c1-12-10-13(2)20(18-12)11-14-6-3-4-9-19(14)16(21)15-7-5-8-17-15/h5,7-8,10,14,17H,3-4,6,9,11H2,1-2H3/t14-/m1/s1. The highest BCUT2D eigenvalue weighted by Crippen LogP contribution is 2.21. The van der Waals surface area contributed by atoms with Gasteiger partial charge in [-0.15, -0.1) is 0 Å². The average molecular weight is 286 g/mol. The van der Waals surface area contributed by atoms with Crippen LogP contribution in [-0.2, 0) is 6.54 Å². The summed E-state index contributed by atoms with van der Waals surface area (Å²) >= 11 is 0. The number of piperidine rings is 1. The first-order valence-corrected chi connectivity index (χ1v) is 7.60. The van der Waals surface area contributed by atoms with Gasteiger partial charge in [0.25, 0.3) is 5.91 Å². The van der Waals surface area contributed by atoms with Crippen LogP contribution in [-0.4, -0.2) is 38.2 Å². The van der Waals surface area contributed by atoms with Crippen molar-refractivity contribution in [2.45, 2.75) is 45.7 Å². The molecular weight excluding hydrogens is 264 g/mol. The second kappa shape index (κ2) is 5.76. The lowest BCUT2D eigenvalue weighted by molar-refractivity contribution is 0.0577. The first-order valence-electron chi connectivity index (χ1n) is 7.60. The van der Waals surface area contributed by atoms with E-state index < -0.39 is 0 Å². The number of hydrogen-bond acceptors (Lipinski definition) is 2. The minimum absolute atomic E-state index is 0.103. The van der Waals surface area contributed by atoms with Gasteiger partial charge in [0.05, 0.1) is 18.3 Å². The summed E-state index contributed by atoms with van der Waals surface area (Å²) in [5.74, 6) is 0.103. The molecule has 3 rings (SSSR count). The Morgan fingerprint density at radius 2 is 2.29 bits per heavy atom. The quantitative estimate of drug-likeness (QED) is 0.942. The number of aromatic amines is 1. The molecule has 1 aliphatic heterocycles. The van der Waals surface area contributed by atoms with Crippen LogP contribution in [0.2, 0.25) is 0 Å². The molecule has 0 saturated carbocycles. The zero-order valence-corrected chi connectivity index (χ0v) is 12.7. The molecule has 5 nitrogen and oxygen atoms in total. The van der Waals surface area contributed by atoms with Crippen molar-refractivity contribution in [2.75, 3.05) is 6.54 Å². The van der Waals surface area contributed by atoms with Gasteiger partial charge in [-0.3, -0.25) is 9.48 Å². The summed E-state index contributed by atoms with van der Waals surface area (Å²) in [6.07, 6.45) is 5.11. The van der Waals surface area contributed by atoms with Crippen molar-refractivity contribution in [2.24, 2.45) is 0 Å². The van der Waals surface area contributed by atoms with Crippen molar-refractivity contribution in [1.82, 2.24) is 19.7 Å². The number of carbonyl (C=O) groups is 1. The van der Waals surface area contributed by atoms with Crippen molar-refractivity contribution in [3.05, 3.63) is 41.5 Å². The maximum atomic E-state index is 12.6. The Kier molecular flexibility index (Phi) is 3.82. The minimum Gasteiger partial charge on any atom is -0.357 e. The lowest BCUT2D eigenvalue weighted by Crippen LogP contribution is -2.46. The molecule has 0 aliphatic carbocycles. The lowest BCUT2D eigenvalue weighted by Gasteiger charge is -2.35. The molecule has 2 aromatic rings. The van der Waals surface area contributed by atoms with Gasteiger partial charge < -0.3 is 9.88 Å². The first-order chi connectivity index (χ1) is 10.1. The van der Waals surface area contributed by atoms with Gasteiger partial charge in [-0.05, 0) is 51.3 Å². The van der Waals surface area contributed by atoms with Gasteiger partial charge in [0.2, 0.25) is 0 Å². The summed E-state index contributed by atoms with van der Waals surface area (Å²) in [5, 5.41) is 4.53. The molecule has 0 aromatic carbocycles. The third-order valence-electron chi connectivity index (χ3n) is 4.20. The van der Waals surface area contributed by atoms with Crippen molar-refractivity contribution >= 4 is 5.91 Å². The summed E-state index contributed by atoms with van der Waals surface area (Å²) in [6.45, 7) is 5.69. The molecule has 1 N–H and O–H groups in total. The number of aromatic nitrogens is 3. The maximum Gasteiger partial charge on any atom is 0.270 e. The lowest BCUT2D eigenvalue weighted by atomic mass is 10.0. The number of nitrogens with one attached hydrogen (secondary N) is 1. The van der Waals surface area contributed by atoms with E-state index in [0.717, 1.165) is 37.3 Å². The third-order valence-corrected chi connectivity index (χ3v) is 4.20. The SMILES string of the molecule is Cc1cc(C)n(C[C@H]2CCCCN2C(=O)c2ccc[nH]2)n1. The summed E-state index contributed by atoms with van der Waals surface area (Å²) in [5.41, 5.74) is 2.87. The molecule has 2 aromatic heterocycles. The highest BCUT2D eigenvalue weighted by molar-refractivity contribution is 5.92. The van der Waals surface area contributed by atoms with E-state index >= 15 is 0 Å². The van der Waals surface area contributed by atoms with Crippen LogP contribution in [0.1, 0.15) is 41.1 Å². The van der Waals surface area contributed by atoms with Gasteiger partial charge >= 0.3 is 0 Å². The molecule has 0 unspecified atom stereocenters. The second-order valence-corrected chi connectivity index (χ2v) is 5.84. The predicted molar refractivity (Wildman–Crippen MR) is 81.2 cm³/mol. The van der Waals surface area contributed by atoms with Gasteiger partial charge in [0, 0.05) is 18.4 Å². The molecule has 1 aliphatic rings. The van der Waals surface area contributed by atoms with E-state index in [1.54, 1.807) is 6.20 Å². The van der Waals surface area contributed by atoms with E-state index in [1.807, 2.05) is 28.6 Å². The van der Waals surface area contributed by atoms with Crippen LogP contribution in [0.25, 0.3) is 0 Å². The number of nitrogens with zero attached hydrogens (tertiary/aromatic N) is 3. The highest BCUT2D eigenvalue weighted by atomic mass is 16.2. The molecule has 1 atom stereocenters. The van der Waals surface area contributed by atoms with Gasteiger partial charge in [0.15, 0.2) is 0 Å². The Labute approximate surface area is 125 Å². The zero-order valence-electron chi connectivity index (χ0n) is 12.7. The maximum absolute atomic E-state index is 12.6. The molecule has 0 radical (unpaired) electrons. The molecule has 5 heteroatoms. The molecule has 0 spiro atoms. The molecule has 1 fully saturated rings. The van der Waals surface area contributed by atoms with Gasteiger partial charge in [-0.1, -0.05) is 0 Å². The van der Waals surface area contributed by atoms with Gasteiger partial charge in [-0.25, -0.2) is 0 Å². The molecule has 21 heavy (non-hydrogen) atoms. The predicted octanol–water partition coefficient (Wildman–Crippen LogP) is 2.52. The minimum atomic E-state index is 0.103. The summed E-state index contributed by atoms with van der Waals surface area (Å²) in [7, 11) is 0. The van der Waals surface area contributed by atoms with Gasteiger partial charge in [-0.2, -0.15) is 5.10 Å². The number of hydrogen-bond donors (Lipinski definition) is 1. The fraction of sp³-hybridized carbons (Fsp3) is 0.500. The van der Waals surface area contributed by atoms with Crippen LogP contribution in [0.15, 0.2) is 24.4 Å². The number of rotatable bonds is 3. The second-order valence-electron chi connectivity index (χ2n) is 5.84. The van der Waals surface area contributed by atoms with Crippen LogP contribution < -0.4 is 0 Å². The topological polar surface area (TPSA) is 53.9 Å². The fourth-order valence-corrected chi connectivity index (χ4v) is 3.14. The summed E-state index contributed by atoms with van der Waals surface area (Å²) in [6, 6.07) is 6.03. The molecule has 1 saturated heterocycles. The van der Waals surface area contributed by atoms with Crippen LogP contribution in [0.4, 0.5) is 0 Å². The van der Waals surface area contributed by atoms with Crippen LogP contribution in [0.3, 0.4) is 0 Å². The number of H-pyrrole nitrogens is 1.